The molecule has 0 saturated carbocycles. The summed E-state index contributed by atoms with van der Waals surface area (Å²) in [5.74, 6) is 0.716. The molecule has 10 rings (SSSR count). The molecule has 0 amide bonds. The number of benzene rings is 8. The molecule has 0 atom stereocenters. The van der Waals surface area contributed by atoms with E-state index in [4.69, 9.17) is 9.97 Å². The molecule has 0 N–H and O–H groups in total. The molecule has 0 spiro atoms. The normalized spacial score (nSPS) is 11.5. The molecule has 0 radical (unpaired) electrons. The fourth-order valence-corrected chi connectivity index (χ4v) is 8.40. The molecule has 0 unspecified atom stereocenters. The van der Waals surface area contributed by atoms with Crippen molar-refractivity contribution in [3.63, 3.8) is 0 Å². The number of hydrogen-bond donors (Lipinski definition) is 0. The lowest BCUT2D eigenvalue weighted by Gasteiger charge is -2.13. The fourth-order valence-electron chi connectivity index (χ4n) is 7.31. The number of aromatic nitrogens is 2. The zero-order valence-electron chi connectivity index (χ0n) is 27.6. The van der Waals surface area contributed by atoms with Crippen LogP contribution in [0, 0.1) is 0 Å². The Morgan fingerprint density at radius 1 is 0.314 bits per heavy atom. The van der Waals surface area contributed by atoms with Crippen molar-refractivity contribution in [1.29, 1.82) is 0 Å². The van der Waals surface area contributed by atoms with Crippen molar-refractivity contribution in [2.45, 2.75) is 0 Å². The van der Waals surface area contributed by atoms with Crippen LogP contribution < -0.4 is 0 Å². The molecule has 0 saturated heterocycles. The predicted octanol–water partition coefficient (Wildman–Crippen LogP) is 13.5. The summed E-state index contributed by atoms with van der Waals surface area (Å²) in [6, 6.07) is 65.0. The Bertz CT molecular complexity index is 2890. The zero-order valence-corrected chi connectivity index (χ0v) is 28.4. The van der Waals surface area contributed by atoms with Crippen LogP contribution in [0.5, 0.6) is 0 Å². The Morgan fingerprint density at radius 2 is 0.863 bits per heavy atom. The van der Waals surface area contributed by atoms with Gasteiger partial charge in [-0.05, 0) is 74.1 Å². The van der Waals surface area contributed by atoms with Gasteiger partial charge in [-0.15, -0.1) is 11.3 Å². The van der Waals surface area contributed by atoms with Gasteiger partial charge in [0, 0.05) is 36.9 Å². The van der Waals surface area contributed by atoms with E-state index in [1.165, 1.54) is 64.0 Å². The minimum Gasteiger partial charge on any atom is -0.228 e. The quantitative estimate of drug-likeness (QED) is 0.171. The highest BCUT2D eigenvalue weighted by Crippen LogP contribution is 2.38. The van der Waals surface area contributed by atoms with Crippen molar-refractivity contribution < 1.29 is 0 Å². The van der Waals surface area contributed by atoms with Crippen molar-refractivity contribution in [2.75, 3.05) is 0 Å². The highest BCUT2D eigenvalue weighted by atomic mass is 32.1. The monoisotopic (exact) mass is 666 g/mol. The van der Waals surface area contributed by atoms with Crippen molar-refractivity contribution in [3.8, 4) is 56.2 Å². The Morgan fingerprint density at radius 3 is 1.63 bits per heavy atom. The largest absolute Gasteiger partial charge is 0.228 e. The average molecular weight is 667 g/mol. The van der Waals surface area contributed by atoms with Crippen LogP contribution in [0.25, 0.3) is 97.9 Å². The molecular weight excluding hydrogens is 637 g/mol. The number of fused-ring (bicyclic) bond motifs is 6. The molecule has 0 aliphatic heterocycles. The molecule has 2 heterocycles. The van der Waals surface area contributed by atoms with Gasteiger partial charge in [0.1, 0.15) is 0 Å². The van der Waals surface area contributed by atoms with E-state index in [0.29, 0.717) is 5.82 Å². The maximum atomic E-state index is 5.17. The minimum absolute atomic E-state index is 0.716. The molecule has 0 aliphatic carbocycles. The molecule has 2 nitrogen and oxygen atoms in total. The van der Waals surface area contributed by atoms with Crippen LogP contribution in [0.2, 0.25) is 0 Å². The van der Waals surface area contributed by atoms with E-state index in [1.807, 2.05) is 29.5 Å². The molecule has 10 aromatic rings. The number of rotatable bonds is 5. The molecule has 2 aromatic heterocycles. The maximum absolute atomic E-state index is 5.17. The van der Waals surface area contributed by atoms with Crippen molar-refractivity contribution in [2.24, 2.45) is 0 Å². The minimum atomic E-state index is 0.716. The lowest BCUT2D eigenvalue weighted by molar-refractivity contribution is 1.19. The topological polar surface area (TPSA) is 25.8 Å². The Labute approximate surface area is 300 Å². The Balaban J connectivity index is 1.02. The van der Waals surface area contributed by atoms with Gasteiger partial charge in [-0.2, -0.15) is 0 Å². The Kier molecular flexibility index (Phi) is 7.04. The van der Waals surface area contributed by atoms with Gasteiger partial charge in [-0.3, -0.25) is 0 Å². The van der Waals surface area contributed by atoms with Gasteiger partial charge < -0.3 is 0 Å². The van der Waals surface area contributed by atoms with E-state index in [1.54, 1.807) is 0 Å². The predicted molar refractivity (Wildman–Crippen MR) is 217 cm³/mol. The van der Waals surface area contributed by atoms with Crippen LogP contribution in [-0.2, 0) is 0 Å². The lowest BCUT2D eigenvalue weighted by Crippen LogP contribution is -1.96. The summed E-state index contributed by atoms with van der Waals surface area (Å²) in [7, 11) is 0. The van der Waals surface area contributed by atoms with Gasteiger partial charge >= 0.3 is 0 Å². The van der Waals surface area contributed by atoms with E-state index >= 15 is 0 Å². The third-order valence-electron chi connectivity index (χ3n) is 9.91. The van der Waals surface area contributed by atoms with Crippen LogP contribution in [-0.4, -0.2) is 9.97 Å². The molecule has 51 heavy (non-hydrogen) atoms. The third kappa shape index (κ3) is 5.27. The number of hydrogen-bond acceptors (Lipinski definition) is 3. The first-order chi connectivity index (χ1) is 25.2. The number of nitrogens with zero attached hydrogens (tertiary/aromatic N) is 2. The number of thiophene rings is 1. The van der Waals surface area contributed by atoms with Gasteiger partial charge in [0.05, 0.1) is 11.4 Å². The maximum Gasteiger partial charge on any atom is 0.160 e. The second-order valence-corrected chi connectivity index (χ2v) is 14.1. The van der Waals surface area contributed by atoms with Crippen LogP contribution in [0.4, 0.5) is 0 Å². The van der Waals surface area contributed by atoms with Gasteiger partial charge in [0.25, 0.3) is 0 Å². The summed E-state index contributed by atoms with van der Waals surface area (Å²) in [4.78, 5) is 10.3. The molecule has 238 valence electrons. The summed E-state index contributed by atoms with van der Waals surface area (Å²) in [5.41, 5.74) is 9.77. The van der Waals surface area contributed by atoms with Gasteiger partial charge in [-0.1, -0.05) is 152 Å². The lowest BCUT2D eigenvalue weighted by atomic mass is 9.94. The smallest absolute Gasteiger partial charge is 0.160 e. The standard InChI is InChI=1S/C48H30N2S/c1-2-10-35(11-3-1)48-49-44(30-45(50-48)42-29-37-12-4-5-13-38(37)39-14-6-7-15-40(39)42)34-24-22-32(23-25-34)31-18-20-33(21-19-31)36-26-27-47-43(28-36)41-16-8-9-17-46(41)51-47/h1-30H. The van der Waals surface area contributed by atoms with Gasteiger partial charge in [-0.25, -0.2) is 9.97 Å². The average Bonchev–Trinajstić information content (AvgIpc) is 3.59. The first-order valence-corrected chi connectivity index (χ1v) is 18.0. The fraction of sp³-hybridized carbons (Fsp3) is 0. The molecule has 3 heteroatoms. The molecular formula is C48H30N2S. The highest BCUT2D eigenvalue weighted by Gasteiger charge is 2.15. The summed E-state index contributed by atoms with van der Waals surface area (Å²) < 4.78 is 2.66. The molecule has 8 aromatic carbocycles. The second kappa shape index (κ2) is 12.2. The summed E-state index contributed by atoms with van der Waals surface area (Å²) in [5, 5.41) is 7.50. The van der Waals surface area contributed by atoms with Crippen LogP contribution in [0.3, 0.4) is 0 Å². The van der Waals surface area contributed by atoms with E-state index in [-0.39, 0.29) is 0 Å². The highest BCUT2D eigenvalue weighted by molar-refractivity contribution is 7.25. The van der Waals surface area contributed by atoms with Gasteiger partial charge in [0.15, 0.2) is 5.82 Å². The molecule has 0 fully saturated rings. The summed E-state index contributed by atoms with van der Waals surface area (Å²) >= 11 is 1.86. The SMILES string of the molecule is c1ccc(-c2nc(-c3ccc(-c4ccc(-c5ccc6sc7ccccc7c6c5)cc4)cc3)cc(-c3cc4ccccc4c4ccccc34)n2)cc1. The van der Waals surface area contributed by atoms with E-state index in [2.05, 4.69) is 164 Å². The van der Waals surface area contributed by atoms with E-state index in [9.17, 15) is 0 Å². The van der Waals surface area contributed by atoms with Crippen LogP contribution in [0.15, 0.2) is 182 Å². The van der Waals surface area contributed by atoms with E-state index < -0.39 is 0 Å². The van der Waals surface area contributed by atoms with E-state index in [0.717, 1.165) is 28.1 Å². The zero-order chi connectivity index (χ0) is 33.7. The summed E-state index contributed by atoms with van der Waals surface area (Å²) in [6.07, 6.45) is 0. The Hall–Kier alpha value is -6.42. The van der Waals surface area contributed by atoms with Crippen LogP contribution >= 0.6 is 11.3 Å². The first kappa shape index (κ1) is 29.5. The molecule has 0 aliphatic rings. The van der Waals surface area contributed by atoms with Crippen molar-refractivity contribution in [1.82, 2.24) is 9.97 Å². The van der Waals surface area contributed by atoms with Gasteiger partial charge in [0.2, 0.25) is 0 Å². The first-order valence-electron chi connectivity index (χ1n) is 17.2. The third-order valence-corrected chi connectivity index (χ3v) is 11.1. The van der Waals surface area contributed by atoms with Crippen molar-refractivity contribution in [3.05, 3.63) is 182 Å². The second-order valence-electron chi connectivity index (χ2n) is 13.0. The molecule has 0 bridgehead atoms. The van der Waals surface area contributed by atoms with Crippen LogP contribution in [0.1, 0.15) is 0 Å². The van der Waals surface area contributed by atoms with Crippen molar-refractivity contribution >= 4 is 53.1 Å². The summed E-state index contributed by atoms with van der Waals surface area (Å²) in [6.45, 7) is 0.